The van der Waals surface area contributed by atoms with Gasteiger partial charge in [0.15, 0.2) is 0 Å². The third-order valence-electron chi connectivity index (χ3n) is 17.2. The maximum atomic E-state index is 13.0. The maximum absolute atomic E-state index is 13.0. The van der Waals surface area contributed by atoms with Crippen molar-refractivity contribution < 1.29 is 63.0 Å². The lowest BCUT2D eigenvalue weighted by Crippen LogP contribution is -2.53. The molecule has 9 amide bonds. The van der Waals surface area contributed by atoms with Gasteiger partial charge in [-0.15, -0.1) is 0 Å². The number of carbonyl (C=O) groups is 11. The van der Waals surface area contributed by atoms with E-state index in [1.807, 2.05) is 13.8 Å². The molecule has 0 aromatic carbocycles. The molecule has 0 spiro atoms. The average Bonchev–Trinajstić information content (AvgIpc) is 0.886. The zero-order valence-electron chi connectivity index (χ0n) is 70.9. The van der Waals surface area contributed by atoms with Crippen LogP contribution in [0.5, 0.6) is 0 Å². The van der Waals surface area contributed by atoms with Crippen LogP contribution < -0.4 is 121 Å². The summed E-state index contributed by atoms with van der Waals surface area (Å²) in [5, 5.41) is 53.1. The van der Waals surface area contributed by atoms with Crippen molar-refractivity contribution in [1.29, 1.82) is 0 Å². The van der Waals surface area contributed by atoms with Gasteiger partial charge in [0.2, 0.25) is 53.2 Å². The number of rotatable bonds is 70. The van der Waals surface area contributed by atoms with Gasteiger partial charge in [-0.1, -0.05) is 0 Å². The van der Waals surface area contributed by atoms with Crippen LogP contribution in [0.15, 0.2) is 0 Å². The molecule has 34 N–H and O–H groups in total. The van der Waals surface area contributed by atoms with Crippen molar-refractivity contribution in [2.75, 3.05) is 219 Å². The molecule has 0 radical (unpaired) electrons. The van der Waals surface area contributed by atoms with Crippen molar-refractivity contribution in [1.82, 2.24) is 88.3 Å². The summed E-state index contributed by atoms with van der Waals surface area (Å²) in [6.45, 7) is 20.2. The minimum absolute atomic E-state index is 0.00305. The zero-order chi connectivity index (χ0) is 86.7. The lowest BCUT2D eigenvalue weighted by Gasteiger charge is -2.32. The zero-order valence-corrected chi connectivity index (χ0v) is 70.9. The Morgan fingerprint density at radius 1 is 0.325 bits per heavy atom. The van der Waals surface area contributed by atoms with Crippen molar-refractivity contribution in [2.24, 2.45) is 57.3 Å². The molecule has 670 valence electrons. The van der Waals surface area contributed by atoms with Crippen LogP contribution in [-0.2, 0) is 52.7 Å². The van der Waals surface area contributed by atoms with E-state index in [0.29, 0.717) is 117 Å². The first kappa shape index (κ1) is 114. The second kappa shape index (κ2) is 78.9. The lowest BCUT2D eigenvalue weighted by atomic mass is 10.1. The van der Waals surface area contributed by atoms with E-state index in [2.05, 4.69) is 73.6 Å². The van der Waals surface area contributed by atoms with Crippen molar-refractivity contribution in [3.05, 3.63) is 0 Å². The van der Waals surface area contributed by atoms with E-state index in [1.165, 1.54) is 28.8 Å². The van der Waals surface area contributed by atoms with Gasteiger partial charge in [0, 0.05) is 67.8 Å². The topological polar surface area (TPSA) is 649 Å². The van der Waals surface area contributed by atoms with E-state index in [-0.39, 0.29) is 92.0 Å². The van der Waals surface area contributed by atoms with E-state index in [1.54, 1.807) is 28.2 Å². The van der Waals surface area contributed by atoms with Gasteiger partial charge in [0.1, 0.15) is 12.1 Å². The Labute approximate surface area is 681 Å². The summed E-state index contributed by atoms with van der Waals surface area (Å²) in [4.78, 5) is 141. The molecule has 0 bridgehead atoms. The largest absolute Gasteiger partial charge is 0.481 e. The highest BCUT2D eigenvalue weighted by Crippen LogP contribution is 2.13. The molecule has 0 saturated carbocycles. The number of hydrogen-bond donors (Lipinski definition) is 24. The standard InChI is InChI=1S/C21H48N8O2.C18H39N7O3.C18H38N6O4.C17H36N6O4/c1-27(2)20(30)18-26-21(31)19(29(16-6-11-24)17-7-12-25)8-3-13-28(14-4-9-22)15-5-10-23;1-14(2)25-17(27)13-23-16(26)12-24-18(28)15(22-11-5-8-20)6-3-9-21-10-4-7-19;1-24(2)18(28)15(7-8-16(25)26)23-17(27)14(22-13-5-10-20)6-3-11-21-12-4-9-19;1-23(2)17(27)14(12-15(24)25)22-16(26)13(21-11-5-8-19)6-3-9-20-10-4-7-18/h19H,3-18,22-25H2,1-2H3,(H,26,31);14-15,21-22H,3-13,19-20H2,1-2H3,(H,23,26)(H,24,28)(H,25,27);14-15,21-22H,3-13,19-20H2,1-2H3,(H,23,27)(H,25,26);13-14,20-21H,3-12,18-19H2,1-2H3,(H,22,26)(H,24,25)/t19-;15-;;/m00../s1. The fraction of sp³-hybridized carbons (Fsp3) is 0.851. The first-order valence-electron chi connectivity index (χ1n) is 41.0. The predicted molar refractivity (Wildman–Crippen MR) is 451 cm³/mol. The molecule has 0 aromatic heterocycles. The number of nitrogens with zero attached hydrogens (tertiary/aromatic N) is 5. The number of carboxylic acid groups (broad SMARTS) is 2. The van der Waals surface area contributed by atoms with Crippen LogP contribution in [0, 0.1) is 0 Å². The number of carboxylic acids is 2. The molecule has 0 aromatic rings. The summed E-state index contributed by atoms with van der Waals surface area (Å²) < 4.78 is 0. The second-order valence-corrected chi connectivity index (χ2v) is 28.5. The summed E-state index contributed by atoms with van der Waals surface area (Å²) >= 11 is 0. The molecule has 40 heteroatoms. The fourth-order valence-electron chi connectivity index (χ4n) is 10.8. The number of amides is 9. The molecule has 114 heavy (non-hydrogen) atoms. The molecule has 40 nitrogen and oxygen atoms in total. The minimum atomic E-state index is -1.15. The normalized spacial score (nSPS) is 12.6. The third-order valence-corrected chi connectivity index (χ3v) is 17.2. The molecule has 0 saturated heterocycles. The van der Waals surface area contributed by atoms with Crippen LogP contribution in [0.2, 0.25) is 0 Å². The molecule has 0 aliphatic carbocycles. The Kier molecular flexibility index (Phi) is 78.8. The van der Waals surface area contributed by atoms with Crippen LogP contribution in [0.3, 0.4) is 0 Å². The van der Waals surface area contributed by atoms with Crippen molar-refractivity contribution in [2.45, 2.75) is 191 Å². The molecule has 0 heterocycles. The molecule has 0 rings (SSSR count). The number of aliphatic carboxylic acids is 2. The smallest absolute Gasteiger partial charge is 0.305 e. The molecule has 6 atom stereocenters. The Balaban J connectivity index is -0.000000709. The summed E-state index contributed by atoms with van der Waals surface area (Å²) in [5.41, 5.74) is 55.6. The first-order valence-corrected chi connectivity index (χ1v) is 41.0. The monoisotopic (exact) mass is 1640 g/mol. The Morgan fingerprint density at radius 2 is 0.675 bits per heavy atom. The van der Waals surface area contributed by atoms with Gasteiger partial charge in [-0.2, -0.15) is 0 Å². The van der Waals surface area contributed by atoms with Crippen LogP contribution in [0.25, 0.3) is 0 Å². The van der Waals surface area contributed by atoms with E-state index >= 15 is 0 Å². The Hall–Kier alpha value is -6.55. The van der Waals surface area contributed by atoms with Crippen LogP contribution in [-0.4, -0.2) is 361 Å². The highest BCUT2D eigenvalue weighted by molar-refractivity contribution is 5.93. The van der Waals surface area contributed by atoms with Crippen LogP contribution in [0.4, 0.5) is 0 Å². The van der Waals surface area contributed by atoms with E-state index in [4.69, 9.17) is 67.5 Å². The quantitative estimate of drug-likeness (QED) is 0.0252. The van der Waals surface area contributed by atoms with Crippen molar-refractivity contribution in [3.63, 3.8) is 0 Å². The predicted octanol–water partition coefficient (Wildman–Crippen LogP) is -7.38. The minimum Gasteiger partial charge on any atom is -0.481 e. The number of likely N-dealkylation sites (N-methyl/N-ethyl adjacent to an activating group) is 3. The van der Waals surface area contributed by atoms with Gasteiger partial charge < -0.3 is 151 Å². The first-order chi connectivity index (χ1) is 54.5. The summed E-state index contributed by atoms with van der Waals surface area (Å²) in [5.74, 6) is -4.75. The highest BCUT2D eigenvalue weighted by Gasteiger charge is 2.31. The molecule has 0 aliphatic heterocycles. The maximum Gasteiger partial charge on any atom is 0.305 e. The Morgan fingerprint density at radius 3 is 1.05 bits per heavy atom. The van der Waals surface area contributed by atoms with Crippen molar-refractivity contribution in [3.8, 4) is 0 Å². The number of nitrogens with one attached hydrogen (secondary N) is 12. The fourth-order valence-corrected chi connectivity index (χ4v) is 10.8. The average molecular weight is 1640 g/mol. The molecular formula is C74H161N27O13. The third kappa shape index (κ3) is 67.6. The number of hydrogen-bond acceptors (Lipinski definition) is 29. The highest BCUT2D eigenvalue weighted by atomic mass is 16.4. The molecular weight excluding hydrogens is 1470 g/mol. The van der Waals surface area contributed by atoms with E-state index < -0.39 is 54.3 Å². The summed E-state index contributed by atoms with van der Waals surface area (Å²) in [6, 6.07) is -3.62. The molecule has 4 unspecified atom stereocenters. The van der Waals surface area contributed by atoms with E-state index in [9.17, 15) is 52.7 Å². The number of carbonyl (C=O) groups excluding carboxylic acids is 9. The van der Waals surface area contributed by atoms with Crippen molar-refractivity contribution >= 4 is 65.1 Å². The van der Waals surface area contributed by atoms with Gasteiger partial charge >= 0.3 is 11.9 Å². The molecule has 0 fully saturated rings. The molecule has 0 aliphatic rings. The van der Waals surface area contributed by atoms with Crippen LogP contribution in [0.1, 0.15) is 149 Å². The number of nitrogens with two attached hydrogens (primary N) is 10. The SMILES string of the molecule is CC(C)NC(=O)CNC(=O)CNC(=O)[C@H](CCCNCCCN)NCCCN.CN(C)C(=O)C(CC(=O)O)NC(=O)C(CCCNCCCN)NCCCN.CN(C)C(=O)C(CCC(=O)O)NC(=O)C(CCCNCCCN)NCCCN.CN(C)C(=O)CNC(=O)[C@H](CCCN(CCCN)CCCN)N(CCCN)CCCN. The summed E-state index contributed by atoms with van der Waals surface area (Å²) in [7, 11) is 9.55. The van der Waals surface area contributed by atoms with Crippen LogP contribution >= 0.6 is 0 Å². The van der Waals surface area contributed by atoms with Gasteiger partial charge in [-0.3, -0.25) is 57.6 Å². The van der Waals surface area contributed by atoms with Gasteiger partial charge in [-0.05, 0) is 280 Å². The van der Waals surface area contributed by atoms with Gasteiger partial charge in [0.25, 0.3) is 0 Å². The summed E-state index contributed by atoms with van der Waals surface area (Å²) in [6.07, 6.45) is 13.6. The second-order valence-electron chi connectivity index (χ2n) is 28.5. The van der Waals surface area contributed by atoms with Gasteiger partial charge in [-0.25, -0.2) is 0 Å². The van der Waals surface area contributed by atoms with Gasteiger partial charge in [0.05, 0.1) is 50.2 Å². The van der Waals surface area contributed by atoms with E-state index in [0.717, 1.165) is 155 Å². The lowest BCUT2D eigenvalue weighted by molar-refractivity contribution is -0.143. The Bertz CT molecular complexity index is 2450.